The molecule has 0 bridgehead atoms. The third-order valence-corrected chi connectivity index (χ3v) is 4.38. The van der Waals surface area contributed by atoms with Crippen LogP contribution in [0.3, 0.4) is 0 Å². The maximum Gasteiger partial charge on any atom is 0.308 e. The molecule has 138 valence electrons. The summed E-state index contributed by atoms with van der Waals surface area (Å²) in [5.74, 6) is -2.09. The summed E-state index contributed by atoms with van der Waals surface area (Å²) in [4.78, 5) is 35.8. The van der Waals surface area contributed by atoms with Crippen LogP contribution in [0.5, 0.6) is 5.75 Å². The summed E-state index contributed by atoms with van der Waals surface area (Å²) in [5, 5.41) is 0.435. The van der Waals surface area contributed by atoms with E-state index in [1.807, 2.05) is 47.9 Å². The minimum absolute atomic E-state index is 0.202. The van der Waals surface area contributed by atoms with Crippen LogP contribution in [-0.4, -0.2) is 22.2 Å². The van der Waals surface area contributed by atoms with E-state index in [2.05, 4.69) is 0 Å². The largest absolute Gasteiger partial charge is 0.426 e. The molecule has 0 saturated carbocycles. The van der Waals surface area contributed by atoms with Crippen LogP contribution in [-0.2, 0) is 22.6 Å². The van der Waals surface area contributed by atoms with Crippen LogP contribution in [0, 0.1) is 0 Å². The molecule has 0 aliphatic rings. The molecule has 6 nitrogen and oxygen atoms in total. The number of carbonyl (C=O) groups excluding carboxylic acids is 3. The number of carbonyl (C=O) groups is 3. The van der Waals surface area contributed by atoms with Crippen LogP contribution in [0.15, 0.2) is 48.5 Å². The van der Waals surface area contributed by atoms with Crippen molar-refractivity contribution < 1.29 is 19.1 Å². The van der Waals surface area contributed by atoms with Gasteiger partial charge in [-0.15, -0.1) is 0 Å². The van der Waals surface area contributed by atoms with Crippen molar-refractivity contribution in [2.75, 3.05) is 0 Å². The number of hydrogen-bond donors (Lipinski definition) is 1. The summed E-state index contributed by atoms with van der Waals surface area (Å²) in [6, 6.07) is 15.0. The zero-order valence-corrected chi connectivity index (χ0v) is 15.2. The van der Waals surface area contributed by atoms with E-state index >= 15 is 0 Å². The number of fused-ring (bicyclic) bond motifs is 1. The lowest BCUT2D eigenvalue weighted by Gasteiger charge is -2.10. The lowest BCUT2D eigenvalue weighted by atomic mass is 10.0. The molecule has 1 amide bonds. The van der Waals surface area contributed by atoms with Crippen LogP contribution < -0.4 is 10.5 Å². The summed E-state index contributed by atoms with van der Waals surface area (Å²) < 4.78 is 7.27. The van der Waals surface area contributed by atoms with Crippen molar-refractivity contribution in [2.24, 2.45) is 5.73 Å². The summed E-state index contributed by atoms with van der Waals surface area (Å²) >= 11 is 0. The van der Waals surface area contributed by atoms with Gasteiger partial charge in [-0.25, -0.2) is 0 Å². The Kier molecular flexibility index (Phi) is 5.07. The fourth-order valence-corrected chi connectivity index (χ4v) is 3.34. The molecule has 0 saturated heterocycles. The summed E-state index contributed by atoms with van der Waals surface area (Å²) in [7, 11) is 0. The fraction of sp³-hybridized carbons (Fsp3) is 0.190. The van der Waals surface area contributed by atoms with Crippen LogP contribution in [0.2, 0.25) is 0 Å². The zero-order valence-electron chi connectivity index (χ0n) is 15.2. The first kappa shape index (κ1) is 18.4. The molecule has 0 atom stereocenters. The Balaban J connectivity index is 2.33. The number of Topliss-reactive ketones (excluding diaryl/α,β-unsaturated/α-hetero) is 1. The highest BCUT2D eigenvalue weighted by Crippen LogP contribution is 2.35. The maximum atomic E-state index is 12.6. The Morgan fingerprint density at radius 2 is 1.74 bits per heavy atom. The molecule has 27 heavy (non-hydrogen) atoms. The monoisotopic (exact) mass is 364 g/mol. The predicted octanol–water partition coefficient (Wildman–Crippen LogP) is 2.85. The van der Waals surface area contributed by atoms with Gasteiger partial charge in [-0.3, -0.25) is 14.4 Å². The molecule has 1 heterocycles. The van der Waals surface area contributed by atoms with E-state index in [0.29, 0.717) is 29.6 Å². The van der Waals surface area contributed by atoms with Crippen molar-refractivity contribution in [1.82, 2.24) is 4.57 Å². The minimum Gasteiger partial charge on any atom is -0.426 e. The van der Waals surface area contributed by atoms with Crippen molar-refractivity contribution >= 4 is 28.6 Å². The van der Waals surface area contributed by atoms with E-state index in [4.69, 9.17) is 10.5 Å². The zero-order chi connectivity index (χ0) is 19.6. The third-order valence-electron chi connectivity index (χ3n) is 4.38. The molecule has 0 aliphatic heterocycles. The number of esters is 1. The number of rotatable bonds is 6. The van der Waals surface area contributed by atoms with Crippen LogP contribution >= 0.6 is 0 Å². The fourth-order valence-electron chi connectivity index (χ4n) is 3.34. The highest BCUT2D eigenvalue weighted by molar-refractivity contribution is 6.45. The van der Waals surface area contributed by atoms with Gasteiger partial charge in [0.15, 0.2) is 0 Å². The molecule has 0 unspecified atom stereocenters. The SMILES string of the molecule is CCc1c(C(=O)C(N)=O)c2c(OC(C)=O)cccc2n1Cc1ccccc1. The second-order valence-corrected chi connectivity index (χ2v) is 6.18. The number of ketones is 1. The number of nitrogens with zero attached hydrogens (tertiary/aromatic N) is 1. The van der Waals surface area contributed by atoms with Crippen molar-refractivity contribution in [2.45, 2.75) is 26.8 Å². The van der Waals surface area contributed by atoms with Gasteiger partial charge < -0.3 is 15.0 Å². The van der Waals surface area contributed by atoms with Crippen molar-refractivity contribution in [3.63, 3.8) is 0 Å². The summed E-state index contributed by atoms with van der Waals surface area (Å²) in [6.45, 7) is 3.70. The van der Waals surface area contributed by atoms with E-state index in [1.54, 1.807) is 12.1 Å². The molecule has 0 radical (unpaired) electrons. The maximum absolute atomic E-state index is 12.6. The Morgan fingerprint density at radius 1 is 1.04 bits per heavy atom. The second-order valence-electron chi connectivity index (χ2n) is 6.18. The van der Waals surface area contributed by atoms with Gasteiger partial charge in [0.2, 0.25) is 0 Å². The summed E-state index contributed by atoms with van der Waals surface area (Å²) in [6.07, 6.45) is 0.509. The van der Waals surface area contributed by atoms with Gasteiger partial charge in [0.05, 0.1) is 16.5 Å². The van der Waals surface area contributed by atoms with Gasteiger partial charge in [0, 0.05) is 19.2 Å². The Hall–Kier alpha value is -3.41. The first-order chi connectivity index (χ1) is 12.9. The third kappa shape index (κ3) is 3.46. The summed E-state index contributed by atoms with van der Waals surface area (Å²) in [5.41, 5.74) is 7.92. The number of ether oxygens (including phenoxy) is 1. The highest BCUT2D eigenvalue weighted by atomic mass is 16.5. The predicted molar refractivity (Wildman–Crippen MR) is 102 cm³/mol. The van der Waals surface area contributed by atoms with Gasteiger partial charge in [-0.05, 0) is 24.1 Å². The standard InChI is InChI=1S/C21H20N2O4/c1-3-15-19(20(25)21(22)26)18-16(10-7-11-17(18)27-13(2)24)23(15)12-14-8-5-4-6-9-14/h4-11H,3,12H2,1-2H3,(H2,22,26). The van der Waals surface area contributed by atoms with E-state index in [1.165, 1.54) is 6.92 Å². The number of hydrogen-bond acceptors (Lipinski definition) is 4. The molecule has 6 heteroatoms. The highest BCUT2D eigenvalue weighted by Gasteiger charge is 2.27. The van der Waals surface area contributed by atoms with Crippen molar-refractivity contribution in [1.29, 1.82) is 0 Å². The number of nitrogens with two attached hydrogens (primary N) is 1. The van der Waals surface area contributed by atoms with Crippen molar-refractivity contribution in [3.05, 3.63) is 65.4 Å². The second kappa shape index (κ2) is 7.45. The van der Waals surface area contributed by atoms with E-state index < -0.39 is 17.7 Å². The Bertz CT molecular complexity index is 1040. The first-order valence-electron chi connectivity index (χ1n) is 8.64. The molecule has 3 rings (SSSR count). The molecular formula is C21H20N2O4. The quantitative estimate of drug-likeness (QED) is 0.315. The Labute approximate surface area is 156 Å². The molecule has 0 spiro atoms. The van der Waals surface area contributed by atoms with Crippen LogP contribution in [0.4, 0.5) is 0 Å². The minimum atomic E-state index is -1.04. The van der Waals surface area contributed by atoms with Crippen LogP contribution in [0.1, 0.15) is 35.5 Å². The van der Waals surface area contributed by atoms with E-state index in [9.17, 15) is 14.4 Å². The number of amides is 1. The molecule has 0 fully saturated rings. The average Bonchev–Trinajstić information content (AvgIpc) is 2.96. The molecular weight excluding hydrogens is 344 g/mol. The van der Waals surface area contributed by atoms with Gasteiger partial charge in [-0.1, -0.05) is 43.3 Å². The first-order valence-corrected chi connectivity index (χ1v) is 8.64. The van der Waals surface area contributed by atoms with Gasteiger partial charge in [0.1, 0.15) is 5.75 Å². The number of aromatic nitrogens is 1. The smallest absolute Gasteiger partial charge is 0.308 e. The normalized spacial score (nSPS) is 10.7. The van der Waals surface area contributed by atoms with Crippen LogP contribution in [0.25, 0.3) is 10.9 Å². The van der Waals surface area contributed by atoms with Gasteiger partial charge in [0.25, 0.3) is 11.7 Å². The topological polar surface area (TPSA) is 91.4 Å². The lowest BCUT2D eigenvalue weighted by molar-refractivity contribution is -0.131. The van der Waals surface area contributed by atoms with E-state index in [-0.39, 0.29) is 11.3 Å². The molecule has 3 aromatic rings. The van der Waals surface area contributed by atoms with Gasteiger partial charge in [-0.2, -0.15) is 0 Å². The molecule has 2 aromatic carbocycles. The number of benzene rings is 2. The molecule has 0 aliphatic carbocycles. The molecule has 1 aromatic heterocycles. The number of primary amides is 1. The van der Waals surface area contributed by atoms with Crippen molar-refractivity contribution in [3.8, 4) is 5.75 Å². The lowest BCUT2D eigenvalue weighted by Crippen LogP contribution is -2.24. The van der Waals surface area contributed by atoms with Gasteiger partial charge >= 0.3 is 5.97 Å². The Morgan fingerprint density at radius 3 is 2.33 bits per heavy atom. The average molecular weight is 364 g/mol. The van der Waals surface area contributed by atoms with E-state index in [0.717, 1.165) is 5.56 Å². The molecule has 2 N–H and O–H groups in total.